The smallest absolute Gasteiger partial charge is 0.0538 e. The number of hydrogen-bond donors (Lipinski definition) is 0. The van der Waals surface area contributed by atoms with Crippen LogP contribution in [0.5, 0.6) is 0 Å². The number of allylic oxidation sites excluding steroid dienone is 4. The van der Waals surface area contributed by atoms with E-state index in [1.165, 1.54) is 89.2 Å². The van der Waals surface area contributed by atoms with Crippen LogP contribution in [-0.2, 0) is 11.8 Å². The van der Waals surface area contributed by atoms with E-state index in [1.54, 1.807) is 0 Å². The van der Waals surface area contributed by atoms with Crippen LogP contribution in [0.25, 0.3) is 56.0 Å². The number of benzene rings is 8. The van der Waals surface area contributed by atoms with Gasteiger partial charge in [-0.1, -0.05) is 176 Å². The highest BCUT2D eigenvalue weighted by Gasteiger charge is 2.57. The minimum Gasteiger partial charge on any atom is -0.313 e. The average molecular weight is 805 g/mol. The first-order valence-electron chi connectivity index (χ1n) is 22.4. The van der Waals surface area contributed by atoms with Crippen molar-refractivity contribution in [1.82, 2.24) is 4.57 Å². The van der Waals surface area contributed by atoms with Gasteiger partial charge in [0.1, 0.15) is 0 Å². The Morgan fingerprint density at radius 1 is 0.508 bits per heavy atom. The molecule has 8 aromatic carbocycles. The summed E-state index contributed by atoms with van der Waals surface area (Å²) in [6.07, 6.45) is 14.2. The lowest BCUT2D eigenvalue weighted by Crippen LogP contribution is -2.34. The molecule has 1 heterocycles. The second kappa shape index (κ2) is 14.2. The molecule has 1 aromatic heterocycles. The third-order valence-corrected chi connectivity index (χ3v) is 14.4. The number of para-hydroxylation sites is 1. The molecule has 0 saturated carbocycles. The van der Waals surface area contributed by atoms with Crippen LogP contribution < -0.4 is 4.90 Å². The van der Waals surface area contributed by atoms with Crippen molar-refractivity contribution in [2.45, 2.75) is 24.2 Å². The van der Waals surface area contributed by atoms with Gasteiger partial charge in [0.25, 0.3) is 0 Å². The summed E-state index contributed by atoms with van der Waals surface area (Å²) in [7, 11) is 0. The third-order valence-electron chi connectivity index (χ3n) is 14.4. The Morgan fingerprint density at radius 2 is 1.08 bits per heavy atom. The second-order valence-corrected chi connectivity index (χ2v) is 17.5. The summed E-state index contributed by atoms with van der Waals surface area (Å²) >= 11 is 0. The van der Waals surface area contributed by atoms with Gasteiger partial charge in [0.2, 0.25) is 0 Å². The first kappa shape index (κ1) is 36.0. The standard InChI is InChI=1S/C61H44N2/c1-3-15-41(16-4-1)42-27-32-46(33-28-42)62(47-34-29-43(30-35-47)44-31-38-60-54(39-44)53-22-10-14-26-59(53)63(60)45-17-5-2-6-18-45)48-36-37-52-51-21-9-13-25-57(51)61(58(52)40-48)55-23-11-7-19-49(55)50-20-8-12-24-56(50)61/h1-13,15-25,27-40,52,58H,14,26H2. The van der Waals surface area contributed by atoms with Crippen molar-refractivity contribution in [2.24, 2.45) is 5.92 Å². The minimum atomic E-state index is -0.302. The highest BCUT2D eigenvalue weighted by Crippen LogP contribution is 2.65. The molecule has 0 bridgehead atoms. The molecule has 0 N–H and O–H groups in total. The van der Waals surface area contributed by atoms with Crippen molar-refractivity contribution in [2.75, 3.05) is 4.90 Å². The number of aromatic nitrogens is 1. The van der Waals surface area contributed by atoms with Crippen LogP contribution in [0.1, 0.15) is 45.8 Å². The number of hydrogen-bond acceptors (Lipinski definition) is 1. The Balaban J connectivity index is 0.946. The van der Waals surface area contributed by atoms with E-state index in [1.807, 2.05) is 0 Å². The fourth-order valence-electron chi connectivity index (χ4n) is 11.7. The molecule has 0 aliphatic heterocycles. The van der Waals surface area contributed by atoms with E-state index in [9.17, 15) is 0 Å². The molecule has 0 amide bonds. The zero-order valence-corrected chi connectivity index (χ0v) is 34.9. The summed E-state index contributed by atoms with van der Waals surface area (Å²) in [5, 5.41) is 1.31. The third kappa shape index (κ3) is 5.38. The average Bonchev–Trinajstić information content (AvgIpc) is 3.96. The van der Waals surface area contributed by atoms with Gasteiger partial charge in [-0.2, -0.15) is 0 Å². The van der Waals surface area contributed by atoms with Crippen LogP contribution >= 0.6 is 0 Å². The lowest BCUT2D eigenvalue weighted by molar-refractivity contribution is 0.462. The van der Waals surface area contributed by atoms with Crippen molar-refractivity contribution in [3.63, 3.8) is 0 Å². The number of rotatable bonds is 6. The molecule has 298 valence electrons. The Bertz CT molecular complexity index is 3280. The van der Waals surface area contributed by atoms with Crippen LogP contribution in [0, 0.1) is 5.92 Å². The molecule has 0 radical (unpaired) electrons. The summed E-state index contributed by atoms with van der Waals surface area (Å²) in [6, 6.07) is 74.4. The Kier molecular flexibility index (Phi) is 8.11. The summed E-state index contributed by atoms with van der Waals surface area (Å²) in [5.41, 5.74) is 21.6. The molecule has 4 aliphatic carbocycles. The molecule has 63 heavy (non-hydrogen) atoms. The van der Waals surface area contributed by atoms with E-state index in [2.05, 4.69) is 240 Å². The van der Waals surface area contributed by atoms with Gasteiger partial charge in [-0.15, -0.1) is 0 Å². The molecule has 4 aliphatic rings. The molecule has 0 fully saturated rings. The van der Waals surface area contributed by atoms with Gasteiger partial charge in [0.05, 0.1) is 10.9 Å². The van der Waals surface area contributed by atoms with Crippen molar-refractivity contribution >= 4 is 28.4 Å². The van der Waals surface area contributed by atoms with Gasteiger partial charge in [-0.05, 0) is 123 Å². The lowest BCUT2D eigenvalue weighted by atomic mass is 9.65. The van der Waals surface area contributed by atoms with Gasteiger partial charge < -0.3 is 9.47 Å². The largest absolute Gasteiger partial charge is 0.313 e. The summed E-state index contributed by atoms with van der Waals surface area (Å²) in [4.78, 5) is 2.47. The number of nitrogens with zero attached hydrogens (tertiary/aromatic N) is 2. The molecular weight excluding hydrogens is 761 g/mol. The first-order valence-corrected chi connectivity index (χ1v) is 22.4. The maximum atomic E-state index is 2.60. The van der Waals surface area contributed by atoms with Crippen LogP contribution in [0.4, 0.5) is 11.4 Å². The quantitative estimate of drug-likeness (QED) is 0.163. The monoisotopic (exact) mass is 804 g/mol. The number of anilines is 2. The van der Waals surface area contributed by atoms with Crippen LogP contribution in [0.15, 0.2) is 230 Å². The van der Waals surface area contributed by atoms with E-state index in [4.69, 9.17) is 0 Å². The van der Waals surface area contributed by atoms with E-state index < -0.39 is 0 Å². The molecule has 9 aromatic rings. The molecular formula is C61H44N2. The molecule has 13 rings (SSSR count). The predicted molar refractivity (Wildman–Crippen MR) is 262 cm³/mol. The topological polar surface area (TPSA) is 8.17 Å². The maximum absolute atomic E-state index is 2.60. The molecule has 0 saturated heterocycles. The lowest BCUT2D eigenvalue weighted by Gasteiger charge is -2.38. The fraction of sp³-hybridized carbons (Fsp3) is 0.0820. The molecule has 2 heteroatoms. The van der Waals surface area contributed by atoms with Crippen LogP contribution in [0.2, 0.25) is 0 Å². The Labute approximate surface area is 369 Å². The zero-order chi connectivity index (χ0) is 41.5. The van der Waals surface area contributed by atoms with Gasteiger partial charge >= 0.3 is 0 Å². The van der Waals surface area contributed by atoms with Gasteiger partial charge in [0.15, 0.2) is 0 Å². The van der Waals surface area contributed by atoms with E-state index in [-0.39, 0.29) is 17.3 Å². The molecule has 1 spiro atoms. The zero-order valence-electron chi connectivity index (χ0n) is 34.9. The van der Waals surface area contributed by atoms with E-state index in [0.717, 1.165) is 24.2 Å². The normalized spacial score (nSPS) is 17.2. The minimum absolute atomic E-state index is 0.181. The first-order chi connectivity index (χ1) is 31.3. The van der Waals surface area contributed by atoms with Gasteiger partial charge in [-0.25, -0.2) is 0 Å². The van der Waals surface area contributed by atoms with E-state index in [0.29, 0.717) is 0 Å². The predicted octanol–water partition coefficient (Wildman–Crippen LogP) is 15.2. The van der Waals surface area contributed by atoms with Gasteiger partial charge in [0, 0.05) is 51.2 Å². The van der Waals surface area contributed by atoms with Crippen molar-refractivity contribution in [3.8, 4) is 39.1 Å². The van der Waals surface area contributed by atoms with Crippen molar-refractivity contribution in [1.29, 1.82) is 0 Å². The highest BCUT2D eigenvalue weighted by molar-refractivity contribution is 5.96. The Hall–Kier alpha value is -7.68. The van der Waals surface area contributed by atoms with Crippen LogP contribution in [-0.4, -0.2) is 4.57 Å². The SMILES string of the molecule is C1=Cc2c(n(-c3ccccc3)c3ccc(-c4ccc(N(C5=CC6C(C=C5)c5ccccc5C65c6ccccc6-c6ccccc65)c5ccc(-c6ccccc6)cc5)cc4)cc23)CC1. The number of fused-ring (bicyclic) bond motifs is 13. The summed E-state index contributed by atoms with van der Waals surface area (Å²) in [5.74, 6) is 0.432. The highest BCUT2D eigenvalue weighted by atomic mass is 15.1. The maximum Gasteiger partial charge on any atom is 0.0538 e. The van der Waals surface area contributed by atoms with Crippen molar-refractivity contribution in [3.05, 3.63) is 264 Å². The Morgan fingerprint density at radius 3 is 1.78 bits per heavy atom. The van der Waals surface area contributed by atoms with E-state index >= 15 is 0 Å². The van der Waals surface area contributed by atoms with Crippen molar-refractivity contribution < 1.29 is 0 Å². The summed E-state index contributed by atoms with van der Waals surface area (Å²) < 4.78 is 2.47. The van der Waals surface area contributed by atoms with Crippen LogP contribution in [0.3, 0.4) is 0 Å². The molecule has 2 unspecified atom stereocenters. The fourth-order valence-corrected chi connectivity index (χ4v) is 11.7. The second-order valence-electron chi connectivity index (χ2n) is 17.5. The molecule has 2 atom stereocenters. The molecule has 2 nitrogen and oxygen atoms in total. The summed E-state index contributed by atoms with van der Waals surface area (Å²) in [6.45, 7) is 0. The van der Waals surface area contributed by atoms with Gasteiger partial charge in [-0.3, -0.25) is 0 Å².